The fraction of sp³-hybridized carbons (Fsp3) is 0.593. The minimum Gasteiger partial charge on any atom is -0.477 e. The molecule has 4 heterocycles. The van der Waals surface area contributed by atoms with Crippen LogP contribution >= 0.6 is 0 Å². The van der Waals surface area contributed by atoms with Crippen molar-refractivity contribution in [2.24, 2.45) is 5.92 Å². The van der Waals surface area contributed by atoms with Crippen molar-refractivity contribution in [1.29, 1.82) is 0 Å². The van der Waals surface area contributed by atoms with Crippen LogP contribution in [0.25, 0.3) is 16.9 Å². The minimum atomic E-state index is -2.89. The van der Waals surface area contributed by atoms with Gasteiger partial charge in [0.1, 0.15) is 5.82 Å². The number of rotatable bonds is 7. The highest BCUT2D eigenvalue weighted by Gasteiger charge is 2.31. The number of fused-ring (bicyclic) bond motifs is 1. The van der Waals surface area contributed by atoms with Gasteiger partial charge >= 0.3 is 0 Å². The summed E-state index contributed by atoms with van der Waals surface area (Å²) in [6.07, 6.45) is 1.17. The molecule has 3 aromatic rings. The van der Waals surface area contributed by atoms with Gasteiger partial charge in [0.2, 0.25) is 11.8 Å². The summed E-state index contributed by atoms with van der Waals surface area (Å²) in [7, 11) is -2.89. The van der Waals surface area contributed by atoms with Crippen molar-refractivity contribution in [3.8, 4) is 11.7 Å². The third-order valence-corrected chi connectivity index (χ3v) is 9.77. The van der Waals surface area contributed by atoms with Crippen LogP contribution in [0, 0.1) is 5.92 Å². The van der Waals surface area contributed by atoms with Crippen molar-refractivity contribution in [2.75, 3.05) is 62.4 Å². The van der Waals surface area contributed by atoms with Gasteiger partial charge in [0.15, 0.2) is 15.7 Å². The molecule has 10 nitrogen and oxygen atoms in total. The molecule has 2 aromatic heterocycles. The number of morpholine rings is 1. The van der Waals surface area contributed by atoms with E-state index in [0.29, 0.717) is 86.6 Å². The normalized spacial score (nSPS) is 24.0. The highest BCUT2D eigenvalue weighted by molar-refractivity contribution is 7.91. The molecule has 2 saturated heterocycles. The fourth-order valence-electron chi connectivity index (χ4n) is 5.90. The van der Waals surface area contributed by atoms with E-state index in [1.54, 1.807) is 30.3 Å². The van der Waals surface area contributed by atoms with Crippen molar-refractivity contribution in [2.45, 2.75) is 38.2 Å². The highest BCUT2D eigenvalue weighted by Crippen LogP contribution is 2.31. The lowest BCUT2D eigenvalue weighted by atomic mass is 9.86. The summed E-state index contributed by atoms with van der Waals surface area (Å²) < 4.78 is 64.8. The summed E-state index contributed by atoms with van der Waals surface area (Å²) in [4.78, 5) is 17.8. The Morgan fingerprint density at radius 1 is 0.975 bits per heavy atom. The molecule has 3 aliphatic rings. The zero-order valence-corrected chi connectivity index (χ0v) is 23.1. The van der Waals surface area contributed by atoms with Crippen molar-refractivity contribution in [1.82, 2.24) is 24.4 Å². The van der Waals surface area contributed by atoms with Crippen LogP contribution in [-0.4, -0.2) is 96.4 Å². The van der Waals surface area contributed by atoms with E-state index in [9.17, 15) is 17.2 Å². The Kier molecular flexibility index (Phi) is 7.87. The summed E-state index contributed by atoms with van der Waals surface area (Å²) in [6.45, 7) is 3.96. The van der Waals surface area contributed by atoms with Gasteiger partial charge in [0.05, 0.1) is 42.4 Å². The van der Waals surface area contributed by atoms with Gasteiger partial charge in [-0.2, -0.15) is 9.97 Å². The van der Waals surface area contributed by atoms with Crippen LogP contribution in [0.3, 0.4) is 0 Å². The Morgan fingerprint density at radius 2 is 1.70 bits per heavy atom. The lowest BCUT2D eigenvalue weighted by Crippen LogP contribution is -2.47. The van der Waals surface area contributed by atoms with E-state index >= 15 is 0 Å². The van der Waals surface area contributed by atoms with Crippen LogP contribution in [0.15, 0.2) is 30.3 Å². The number of alkyl halides is 2. The Balaban J connectivity index is 1.20. The summed E-state index contributed by atoms with van der Waals surface area (Å²) in [5.41, 5.74) is 1.01. The molecule has 13 heteroatoms. The van der Waals surface area contributed by atoms with Crippen molar-refractivity contribution < 1.29 is 26.7 Å². The molecular formula is C27H34F2N6O4S. The van der Waals surface area contributed by atoms with Crippen molar-refractivity contribution in [3.05, 3.63) is 36.2 Å². The van der Waals surface area contributed by atoms with Crippen LogP contribution < -0.4 is 9.64 Å². The Hall–Kier alpha value is -2.90. The number of halogens is 2. The van der Waals surface area contributed by atoms with E-state index in [1.165, 1.54) is 4.57 Å². The molecule has 0 spiro atoms. The molecule has 0 unspecified atom stereocenters. The van der Waals surface area contributed by atoms with E-state index in [0.717, 1.165) is 25.7 Å². The number of sulfone groups is 1. The van der Waals surface area contributed by atoms with Crippen molar-refractivity contribution >= 4 is 26.8 Å². The van der Waals surface area contributed by atoms with E-state index in [4.69, 9.17) is 9.47 Å². The number of anilines is 1. The molecule has 0 atom stereocenters. The average Bonchev–Trinajstić information content (AvgIpc) is 3.37. The number of para-hydroxylation sites is 2. The molecule has 0 radical (unpaired) electrons. The number of benzene rings is 1. The summed E-state index contributed by atoms with van der Waals surface area (Å²) in [5.74, 6) is 1.50. The van der Waals surface area contributed by atoms with E-state index in [-0.39, 0.29) is 17.3 Å². The van der Waals surface area contributed by atoms with Gasteiger partial charge in [-0.1, -0.05) is 12.1 Å². The lowest BCUT2D eigenvalue weighted by Gasteiger charge is -2.38. The van der Waals surface area contributed by atoms with Crippen molar-refractivity contribution in [3.63, 3.8) is 0 Å². The van der Waals surface area contributed by atoms with Gasteiger partial charge in [0.25, 0.3) is 6.43 Å². The topological polar surface area (TPSA) is 103 Å². The predicted molar refractivity (Wildman–Crippen MR) is 146 cm³/mol. The zero-order valence-electron chi connectivity index (χ0n) is 22.3. The number of hydrogen-bond donors (Lipinski definition) is 0. The number of nitrogens with zero attached hydrogens (tertiary/aromatic N) is 6. The lowest BCUT2D eigenvalue weighted by molar-refractivity contribution is 0.120. The summed E-state index contributed by atoms with van der Waals surface area (Å²) in [5, 5.41) is 0. The van der Waals surface area contributed by atoms with Crippen LogP contribution in [0.1, 0.15) is 37.9 Å². The predicted octanol–water partition coefficient (Wildman–Crippen LogP) is 3.26. The first-order chi connectivity index (χ1) is 19.4. The van der Waals surface area contributed by atoms with Crippen LogP contribution in [-0.2, 0) is 14.6 Å². The maximum Gasteiger partial charge on any atom is 0.296 e. The average molecular weight is 577 g/mol. The van der Waals surface area contributed by atoms with Gasteiger partial charge in [-0.3, -0.25) is 9.47 Å². The van der Waals surface area contributed by atoms with Gasteiger partial charge in [0, 0.05) is 38.3 Å². The molecule has 216 valence electrons. The molecule has 0 amide bonds. The van der Waals surface area contributed by atoms with E-state index in [2.05, 4.69) is 19.9 Å². The molecule has 1 aromatic carbocycles. The Labute approximate surface area is 232 Å². The Bertz CT molecular complexity index is 1420. The van der Waals surface area contributed by atoms with E-state index in [1.807, 2.05) is 4.90 Å². The van der Waals surface area contributed by atoms with Gasteiger partial charge in [-0.25, -0.2) is 22.2 Å². The standard InChI is InChI=1S/C27H34F2N6O4S/c28-25(29)26-30-21-3-1-2-4-22(21)35(26)23-17-24(32-27(31-23)34-9-13-38-14-10-34)39-18-19-5-7-20(8-6-19)33-11-15-40(36,37)16-12-33/h1-4,17,19-20,25H,5-16,18H2/t19-,20-. The fourth-order valence-corrected chi connectivity index (χ4v) is 7.13. The largest absolute Gasteiger partial charge is 0.477 e. The molecule has 0 N–H and O–H groups in total. The second-order valence-electron chi connectivity index (χ2n) is 10.7. The maximum atomic E-state index is 14.1. The number of aromatic nitrogens is 4. The number of ether oxygens (including phenoxy) is 2. The first kappa shape index (κ1) is 27.3. The molecule has 0 bridgehead atoms. The van der Waals surface area contributed by atoms with Crippen LogP contribution in [0.4, 0.5) is 14.7 Å². The maximum absolute atomic E-state index is 14.1. The van der Waals surface area contributed by atoms with E-state index < -0.39 is 16.3 Å². The summed E-state index contributed by atoms with van der Waals surface area (Å²) >= 11 is 0. The smallest absolute Gasteiger partial charge is 0.296 e. The molecule has 1 aliphatic carbocycles. The first-order valence-electron chi connectivity index (χ1n) is 13.9. The number of hydrogen-bond acceptors (Lipinski definition) is 9. The van der Waals surface area contributed by atoms with Gasteiger partial charge in [-0.05, 0) is 43.7 Å². The summed E-state index contributed by atoms with van der Waals surface area (Å²) in [6, 6.07) is 9.04. The molecule has 6 rings (SSSR count). The monoisotopic (exact) mass is 576 g/mol. The second-order valence-corrected chi connectivity index (χ2v) is 13.0. The SMILES string of the molecule is O=S1(=O)CCN([C@H]2CC[C@H](COc3cc(-n4c(C(F)F)nc5ccccc54)nc(N4CCOCC4)n3)CC2)CC1. The van der Waals surface area contributed by atoms with Crippen LogP contribution in [0.2, 0.25) is 0 Å². The zero-order chi connectivity index (χ0) is 27.7. The molecule has 1 saturated carbocycles. The minimum absolute atomic E-state index is 0.247. The first-order valence-corrected chi connectivity index (χ1v) is 15.7. The number of imidazole rings is 1. The molecule has 3 fully saturated rings. The molecule has 40 heavy (non-hydrogen) atoms. The molecule has 2 aliphatic heterocycles. The third kappa shape index (κ3) is 5.91. The Morgan fingerprint density at radius 3 is 2.42 bits per heavy atom. The third-order valence-electron chi connectivity index (χ3n) is 8.16. The quantitative estimate of drug-likeness (QED) is 0.419. The second kappa shape index (κ2) is 11.5. The van der Waals surface area contributed by atoms with Gasteiger partial charge in [-0.15, -0.1) is 0 Å². The highest BCUT2D eigenvalue weighted by atomic mass is 32.2. The van der Waals surface area contributed by atoms with Crippen LogP contribution in [0.5, 0.6) is 5.88 Å². The van der Waals surface area contributed by atoms with Gasteiger partial charge < -0.3 is 14.4 Å². The molecular weight excluding hydrogens is 542 g/mol.